The molecule has 2 saturated carbocycles. The van der Waals surface area contributed by atoms with Crippen molar-refractivity contribution in [2.45, 2.75) is 57.4 Å². The predicted molar refractivity (Wildman–Crippen MR) is 92.4 cm³/mol. The first-order chi connectivity index (χ1) is 11.1. The molecular formula is C17H28ClN3O3. The summed E-state index contributed by atoms with van der Waals surface area (Å²) in [6.07, 6.45) is 7.78. The van der Waals surface area contributed by atoms with Crippen LogP contribution in [0.3, 0.4) is 0 Å². The minimum atomic E-state index is -0.226. The third-order valence-electron chi connectivity index (χ3n) is 5.79. The Morgan fingerprint density at radius 1 is 1.00 bits per heavy atom. The number of rotatable bonds is 4. The Labute approximate surface area is 149 Å². The molecule has 0 bridgehead atoms. The molecule has 0 aromatic carbocycles. The van der Waals surface area contributed by atoms with Crippen molar-refractivity contribution >= 4 is 30.1 Å². The lowest BCUT2D eigenvalue weighted by atomic mass is 9.81. The molecule has 136 valence electrons. The molecule has 7 heteroatoms. The van der Waals surface area contributed by atoms with E-state index in [2.05, 4.69) is 5.32 Å². The molecule has 0 aromatic heterocycles. The molecule has 1 aliphatic heterocycles. The van der Waals surface area contributed by atoms with Crippen molar-refractivity contribution in [2.24, 2.45) is 23.5 Å². The second-order valence-corrected chi connectivity index (χ2v) is 7.21. The van der Waals surface area contributed by atoms with Crippen molar-refractivity contribution in [2.75, 3.05) is 13.1 Å². The molecule has 1 saturated heterocycles. The van der Waals surface area contributed by atoms with Gasteiger partial charge in [-0.1, -0.05) is 25.7 Å². The minimum Gasteiger partial charge on any atom is -0.351 e. The van der Waals surface area contributed by atoms with Crippen LogP contribution in [-0.4, -0.2) is 41.8 Å². The number of nitrogens with two attached hydrogens (primary N) is 1. The van der Waals surface area contributed by atoms with E-state index in [0.29, 0.717) is 12.5 Å². The number of carbonyl (C=O) groups is 3. The van der Waals surface area contributed by atoms with Crippen LogP contribution in [0.2, 0.25) is 0 Å². The normalized spacial score (nSPS) is 33.0. The van der Waals surface area contributed by atoms with Gasteiger partial charge in [-0.25, -0.2) is 0 Å². The number of imide groups is 1. The van der Waals surface area contributed by atoms with Crippen LogP contribution in [0.25, 0.3) is 0 Å². The van der Waals surface area contributed by atoms with E-state index in [4.69, 9.17) is 5.73 Å². The number of likely N-dealkylation sites (tertiary alicyclic amines) is 1. The third kappa shape index (κ3) is 3.75. The van der Waals surface area contributed by atoms with Crippen LogP contribution in [-0.2, 0) is 14.4 Å². The summed E-state index contributed by atoms with van der Waals surface area (Å²) in [5.74, 6) is -0.579. The number of nitrogens with zero attached hydrogens (tertiary/aromatic N) is 1. The van der Waals surface area contributed by atoms with Gasteiger partial charge in [-0.05, 0) is 38.1 Å². The predicted octanol–water partition coefficient (Wildman–Crippen LogP) is 1.22. The van der Waals surface area contributed by atoms with E-state index in [1.807, 2.05) is 0 Å². The summed E-state index contributed by atoms with van der Waals surface area (Å²) in [7, 11) is 0. The Balaban J connectivity index is 0.00000208. The van der Waals surface area contributed by atoms with Gasteiger partial charge in [-0.3, -0.25) is 19.3 Å². The van der Waals surface area contributed by atoms with Crippen LogP contribution in [0.1, 0.15) is 51.4 Å². The van der Waals surface area contributed by atoms with Crippen molar-refractivity contribution in [1.82, 2.24) is 10.2 Å². The topological polar surface area (TPSA) is 92.5 Å². The summed E-state index contributed by atoms with van der Waals surface area (Å²) in [6, 6.07) is 0.0799. The highest BCUT2D eigenvalue weighted by molar-refractivity contribution is 6.07. The molecule has 1 heterocycles. The van der Waals surface area contributed by atoms with Crippen molar-refractivity contribution in [3.63, 3.8) is 0 Å². The smallest absolute Gasteiger partial charge is 0.240 e. The highest BCUT2D eigenvalue weighted by Crippen LogP contribution is 2.37. The Hall–Kier alpha value is -1.14. The van der Waals surface area contributed by atoms with E-state index < -0.39 is 0 Å². The van der Waals surface area contributed by atoms with Crippen molar-refractivity contribution < 1.29 is 14.4 Å². The van der Waals surface area contributed by atoms with E-state index >= 15 is 0 Å². The Kier molecular flexibility index (Phi) is 6.63. The second kappa shape index (κ2) is 8.30. The fourth-order valence-corrected chi connectivity index (χ4v) is 4.46. The van der Waals surface area contributed by atoms with Crippen molar-refractivity contribution in [1.29, 1.82) is 0 Å². The maximum Gasteiger partial charge on any atom is 0.240 e. The summed E-state index contributed by atoms with van der Waals surface area (Å²) >= 11 is 0. The van der Waals surface area contributed by atoms with Crippen LogP contribution in [0.15, 0.2) is 0 Å². The average molecular weight is 358 g/mol. The summed E-state index contributed by atoms with van der Waals surface area (Å²) in [4.78, 5) is 38.3. The van der Waals surface area contributed by atoms with E-state index in [9.17, 15) is 14.4 Å². The quantitative estimate of drug-likeness (QED) is 0.740. The van der Waals surface area contributed by atoms with Gasteiger partial charge in [0.15, 0.2) is 0 Å². The number of fused-ring (bicyclic) bond motifs is 1. The molecule has 3 fully saturated rings. The molecule has 24 heavy (non-hydrogen) atoms. The van der Waals surface area contributed by atoms with E-state index in [0.717, 1.165) is 51.4 Å². The SMILES string of the molecule is Cl.NCC1CCCCC1NC(=O)CN1C(=O)C2CCCCC2C1=O. The fourth-order valence-electron chi connectivity index (χ4n) is 4.46. The number of hydrogen-bond donors (Lipinski definition) is 2. The standard InChI is InChI=1S/C17H27N3O3.ClH/c18-9-11-5-1-4-8-14(11)19-15(21)10-20-16(22)12-6-2-3-7-13(12)17(20)23;/h11-14H,1-10,18H2,(H,19,21);1H. The molecule has 4 unspecified atom stereocenters. The zero-order valence-electron chi connectivity index (χ0n) is 14.0. The van der Waals surface area contributed by atoms with Crippen LogP contribution < -0.4 is 11.1 Å². The largest absolute Gasteiger partial charge is 0.351 e. The number of halogens is 1. The lowest BCUT2D eigenvalue weighted by Crippen LogP contribution is -2.49. The molecule has 6 nitrogen and oxygen atoms in total. The van der Waals surface area contributed by atoms with Gasteiger partial charge in [0, 0.05) is 6.04 Å². The summed E-state index contributed by atoms with van der Waals surface area (Å²) in [5, 5.41) is 3.00. The molecule has 3 rings (SSSR count). The van der Waals surface area contributed by atoms with Crippen LogP contribution in [0, 0.1) is 17.8 Å². The first kappa shape index (κ1) is 19.2. The Bertz CT molecular complexity index is 475. The van der Waals surface area contributed by atoms with E-state index in [1.165, 1.54) is 4.90 Å². The monoisotopic (exact) mass is 357 g/mol. The third-order valence-corrected chi connectivity index (χ3v) is 5.79. The summed E-state index contributed by atoms with van der Waals surface area (Å²) in [5.41, 5.74) is 5.79. The number of amides is 3. The lowest BCUT2D eigenvalue weighted by molar-refractivity contribution is -0.143. The minimum absolute atomic E-state index is 0. The van der Waals surface area contributed by atoms with Crippen LogP contribution in [0.5, 0.6) is 0 Å². The molecule has 0 spiro atoms. The van der Waals surface area contributed by atoms with Gasteiger partial charge in [-0.2, -0.15) is 0 Å². The maximum absolute atomic E-state index is 12.4. The van der Waals surface area contributed by atoms with Gasteiger partial charge in [-0.15, -0.1) is 12.4 Å². The molecule has 3 aliphatic rings. The van der Waals surface area contributed by atoms with E-state index in [-0.39, 0.29) is 54.6 Å². The van der Waals surface area contributed by atoms with Crippen molar-refractivity contribution in [3.8, 4) is 0 Å². The molecule has 0 radical (unpaired) electrons. The van der Waals surface area contributed by atoms with Gasteiger partial charge >= 0.3 is 0 Å². The molecule has 2 aliphatic carbocycles. The summed E-state index contributed by atoms with van der Waals surface area (Å²) in [6.45, 7) is 0.440. The molecule has 3 N–H and O–H groups in total. The van der Waals surface area contributed by atoms with Crippen LogP contribution >= 0.6 is 12.4 Å². The first-order valence-electron chi connectivity index (χ1n) is 8.96. The second-order valence-electron chi connectivity index (χ2n) is 7.21. The van der Waals surface area contributed by atoms with Gasteiger partial charge in [0.25, 0.3) is 0 Å². The van der Waals surface area contributed by atoms with Gasteiger partial charge in [0.1, 0.15) is 6.54 Å². The first-order valence-corrected chi connectivity index (χ1v) is 8.96. The molecule has 0 aromatic rings. The molecule has 4 atom stereocenters. The zero-order chi connectivity index (χ0) is 16.4. The highest BCUT2D eigenvalue weighted by atomic mass is 35.5. The number of nitrogens with one attached hydrogen (secondary N) is 1. The molecular weight excluding hydrogens is 330 g/mol. The van der Waals surface area contributed by atoms with Gasteiger partial charge in [0.2, 0.25) is 17.7 Å². The van der Waals surface area contributed by atoms with E-state index in [1.54, 1.807) is 0 Å². The van der Waals surface area contributed by atoms with Gasteiger partial charge in [0.05, 0.1) is 11.8 Å². The lowest BCUT2D eigenvalue weighted by Gasteiger charge is -2.31. The van der Waals surface area contributed by atoms with Crippen LogP contribution in [0.4, 0.5) is 0 Å². The Morgan fingerprint density at radius 2 is 1.54 bits per heavy atom. The van der Waals surface area contributed by atoms with Gasteiger partial charge < -0.3 is 11.1 Å². The highest BCUT2D eigenvalue weighted by Gasteiger charge is 2.48. The number of carbonyl (C=O) groups excluding carboxylic acids is 3. The zero-order valence-corrected chi connectivity index (χ0v) is 14.9. The average Bonchev–Trinajstić information content (AvgIpc) is 2.81. The Morgan fingerprint density at radius 3 is 2.12 bits per heavy atom. The number of hydrogen-bond acceptors (Lipinski definition) is 4. The molecule has 3 amide bonds. The maximum atomic E-state index is 12.4. The van der Waals surface area contributed by atoms with Crippen molar-refractivity contribution in [3.05, 3.63) is 0 Å². The fraction of sp³-hybridized carbons (Fsp3) is 0.824. The summed E-state index contributed by atoms with van der Waals surface area (Å²) < 4.78 is 0.